The number of benzene rings is 2. The second kappa shape index (κ2) is 7.98. The normalized spacial score (nSPS) is 15.6. The zero-order chi connectivity index (χ0) is 22.2. The molecule has 6 nitrogen and oxygen atoms in total. The maximum atomic E-state index is 13.9. The largest absolute Gasteiger partial charge is 0.486 e. The number of halogens is 3. The molecule has 1 aliphatic heterocycles. The van der Waals surface area contributed by atoms with Crippen molar-refractivity contribution in [2.24, 2.45) is 0 Å². The van der Waals surface area contributed by atoms with E-state index in [1.54, 1.807) is 30.3 Å². The van der Waals surface area contributed by atoms with Crippen molar-refractivity contribution in [3.8, 4) is 17.2 Å². The lowest BCUT2D eigenvalue weighted by molar-refractivity contribution is -0.143. The number of fused-ring (bicyclic) bond motifs is 1. The number of para-hydroxylation sites is 2. The van der Waals surface area contributed by atoms with E-state index >= 15 is 0 Å². The standard InChI is InChI=1S/C22H20F3N3O3/c1-14-7-9-15(10-8-14)28-20(22(23,24)25)17(11-26-28)21(29)27(2)12-16-13-30-18-5-3-4-6-19(18)31-16/h3-11,16H,12-13H2,1-2H3. The number of carbonyl (C=O) groups excluding carboxylic acids is 1. The third-order valence-electron chi connectivity index (χ3n) is 4.94. The number of rotatable bonds is 4. The van der Waals surface area contributed by atoms with Gasteiger partial charge >= 0.3 is 6.18 Å². The minimum Gasteiger partial charge on any atom is -0.486 e. The van der Waals surface area contributed by atoms with Gasteiger partial charge in [-0.05, 0) is 31.2 Å². The Balaban J connectivity index is 1.57. The summed E-state index contributed by atoms with van der Waals surface area (Å²) in [4.78, 5) is 14.1. The summed E-state index contributed by atoms with van der Waals surface area (Å²) in [6.07, 6.45) is -4.32. The van der Waals surface area contributed by atoms with E-state index in [1.165, 1.54) is 24.1 Å². The number of carbonyl (C=O) groups is 1. The van der Waals surface area contributed by atoms with E-state index in [9.17, 15) is 18.0 Å². The van der Waals surface area contributed by atoms with Gasteiger partial charge in [-0.1, -0.05) is 29.8 Å². The molecule has 1 aliphatic rings. The third kappa shape index (κ3) is 4.21. The molecule has 1 amide bonds. The molecule has 0 saturated carbocycles. The van der Waals surface area contributed by atoms with Crippen molar-refractivity contribution in [1.29, 1.82) is 0 Å². The van der Waals surface area contributed by atoms with Crippen LogP contribution in [-0.4, -0.2) is 46.9 Å². The van der Waals surface area contributed by atoms with E-state index in [1.807, 2.05) is 13.0 Å². The van der Waals surface area contributed by atoms with Crippen LogP contribution in [0.5, 0.6) is 11.5 Å². The van der Waals surface area contributed by atoms with E-state index in [-0.39, 0.29) is 18.8 Å². The van der Waals surface area contributed by atoms with Crippen molar-refractivity contribution < 1.29 is 27.4 Å². The van der Waals surface area contributed by atoms with Crippen LogP contribution in [0.2, 0.25) is 0 Å². The molecule has 3 aromatic rings. The van der Waals surface area contributed by atoms with Crippen LogP contribution < -0.4 is 9.47 Å². The van der Waals surface area contributed by atoms with Crippen LogP contribution in [0.25, 0.3) is 5.69 Å². The molecular weight excluding hydrogens is 411 g/mol. The van der Waals surface area contributed by atoms with Crippen molar-refractivity contribution in [3.05, 3.63) is 71.5 Å². The number of aryl methyl sites for hydroxylation is 1. The van der Waals surface area contributed by atoms with Crippen LogP contribution in [0.1, 0.15) is 21.6 Å². The van der Waals surface area contributed by atoms with Crippen LogP contribution in [-0.2, 0) is 6.18 Å². The highest BCUT2D eigenvalue weighted by Crippen LogP contribution is 2.35. The SMILES string of the molecule is Cc1ccc(-n2ncc(C(=O)N(C)CC3COc4ccccc4O3)c2C(F)(F)F)cc1. The molecule has 0 spiro atoms. The summed E-state index contributed by atoms with van der Waals surface area (Å²) in [6, 6.07) is 13.5. The van der Waals surface area contributed by atoms with Gasteiger partial charge in [-0.2, -0.15) is 18.3 Å². The smallest absolute Gasteiger partial charge is 0.434 e. The molecule has 0 bridgehead atoms. The van der Waals surface area contributed by atoms with Crippen molar-refractivity contribution in [2.75, 3.05) is 20.2 Å². The zero-order valence-corrected chi connectivity index (χ0v) is 16.9. The number of nitrogens with zero attached hydrogens (tertiary/aromatic N) is 3. The van der Waals surface area contributed by atoms with Gasteiger partial charge in [0.15, 0.2) is 23.3 Å². The molecule has 1 atom stereocenters. The monoisotopic (exact) mass is 431 g/mol. The molecule has 0 aliphatic carbocycles. The van der Waals surface area contributed by atoms with E-state index in [0.717, 1.165) is 16.4 Å². The van der Waals surface area contributed by atoms with Crippen LogP contribution >= 0.6 is 0 Å². The van der Waals surface area contributed by atoms with Gasteiger partial charge in [0.25, 0.3) is 5.91 Å². The molecule has 31 heavy (non-hydrogen) atoms. The highest BCUT2D eigenvalue weighted by atomic mass is 19.4. The fourth-order valence-corrected chi connectivity index (χ4v) is 3.41. The second-order valence-corrected chi connectivity index (χ2v) is 7.34. The van der Waals surface area contributed by atoms with Gasteiger partial charge in [0, 0.05) is 7.05 Å². The molecular formula is C22H20F3N3O3. The first kappa shape index (κ1) is 20.8. The van der Waals surface area contributed by atoms with E-state index < -0.39 is 29.4 Å². The molecule has 162 valence electrons. The Bertz CT molecular complexity index is 1090. The van der Waals surface area contributed by atoms with Crippen molar-refractivity contribution >= 4 is 5.91 Å². The lowest BCUT2D eigenvalue weighted by Gasteiger charge is -2.29. The van der Waals surface area contributed by atoms with Gasteiger partial charge in [-0.3, -0.25) is 4.79 Å². The Morgan fingerprint density at radius 1 is 1.16 bits per heavy atom. The summed E-state index contributed by atoms with van der Waals surface area (Å²) in [5.41, 5.74) is -0.510. The first-order valence-electron chi connectivity index (χ1n) is 9.60. The third-order valence-corrected chi connectivity index (χ3v) is 4.94. The first-order valence-corrected chi connectivity index (χ1v) is 9.60. The Morgan fingerprint density at radius 2 is 1.84 bits per heavy atom. The van der Waals surface area contributed by atoms with Crippen LogP contribution in [0.3, 0.4) is 0 Å². The van der Waals surface area contributed by atoms with E-state index in [4.69, 9.17) is 9.47 Å². The van der Waals surface area contributed by atoms with Gasteiger partial charge in [0.05, 0.1) is 24.0 Å². The summed E-state index contributed by atoms with van der Waals surface area (Å²) in [5, 5.41) is 3.86. The average Bonchev–Trinajstić information content (AvgIpc) is 3.19. The number of alkyl halides is 3. The number of likely N-dealkylation sites (N-methyl/N-ethyl adjacent to an activating group) is 1. The predicted octanol–water partition coefficient (Wildman–Crippen LogP) is 4.11. The van der Waals surface area contributed by atoms with Crippen LogP contribution in [0, 0.1) is 6.92 Å². The average molecular weight is 431 g/mol. The van der Waals surface area contributed by atoms with Gasteiger partial charge in [-0.15, -0.1) is 0 Å². The van der Waals surface area contributed by atoms with Gasteiger partial charge in [0.2, 0.25) is 0 Å². The Morgan fingerprint density at radius 3 is 2.52 bits per heavy atom. The molecule has 4 rings (SSSR count). The summed E-state index contributed by atoms with van der Waals surface area (Å²) in [7, 11) is 1.43. The molecule has 1 aromatic heterocycles. The Hall–Kier alpha value is -3.49. The van der Waals surface area contributed by atoms with Gasteiger partial charge in [0.1, 0.15) is 6.61 Å². The second-order valence-electron chi connectivity index (χ2n) is 7.34. The number of aromatic nitrogens is 2. The van der Waals surface area contributed by atoms with Crippen molar-refractivity contribution in [3.63, 3.8) is 0 Å². The van der Waals surface area contributed by atoms with Gasteiger partial charge in [-0.25, -0.2) is 4.68 Å². The van der Waals surface area contributed by atoms with Crippen molar-refractivity contribution in [1.82, 2.24) is 14.7 Å². The molecule has 1 unspecified atom stereocenters. The molecule has 0 saturated heterocycles. The molecule has 2 aromatic carbocycles. The maximum Gasteiger partial charge on any atom is 0.434 e. The Labute approximate surface area is 176 Å². The summed E-state index contributed by atoms with van der Waals surface area (Å²) in [5.74, 6) is 0.322. The first-order chi connectivity index (χ1) is 14.7. The lowest BCUT2D eigenvalue weighted by Crippen LogP contribution is -2.42. The number of ether oxygens (including phenoxy) is 2. The number of hydrogen-bond donors (Lipinski definition) is 0. The minimum absolute atomic E-state index is 0.0557. The van der Waals surface area contributed by atoms with Crippen LogP contribution in [0.4, 0.5) is 13.2 Å². The fraction of sp³-hybridized carbons (Fsp3) is 0.273. The molecule has 2 heterocycles. The summed E-state index contributed by atoms with van der Waals surface area (Å²) < 4.78 is 53.8. The molecule has 9 heteroatoms. The van der Waals surface area contributed by atoms with E-state index in [0.29, 0.717) is 11.5 Å². The topological polar surface area (TPSA) is 56.6 Å². The Kier molecular flexibility index (Phi) is 5.34. The predicted molar refractivity (Wildman–Crippen MR) is 107 cm³/mol. The highest BCUT2D eigenvalue weighted by Gasteiger charge is 2.41. The fourth-order valence-electron chi connectivity index (χ4n) is 3.41. The number of hydrogen-bond acceptors (Lipinski definition) is 4. The number of amides is 1. The summed E-state index contributed by atoms with van der Waals surface area (Å²) >= 11 is 0. The zero-order valence-electron chi connectivity index (χ0n) is 16.9. The highest BCUT2D eigenvalue weighted by molar-refractivity contribution is 5.95. The maximum absolute atomic E-state index is 13.9. The quantitative estimate of drug-likeness (QED) is 0.624. The van der Waals surface area contributed by atoms with Crippen LogP contribution in [0.15, 0.2) is 54.7 Å². The van der Waals surface area contributed by atoms with Gasteiger partial charge < -0.3 is 14.4 Å². The summed E-state index contributed by atoms with van der Waals surface area (Å²) in [6.45, 7) is 2.07. The van der Waals surface area contributed by atoms with E-state index in [2.05, 4.69) is 5.10 Å². The lowest BCUT2D eigenvalue weighted by atomic mass is 10.2. The minimum atomic E-state index is -4.77. The molecule has 0 radical (unpaired) electrons. The van der Waals surface area contributed by atoms with Crippen molar-refractivity contribution in [2.45, 2.75) is 19.2 Å². The molecule has 0 N–H and O–H groups in total. The molecule has 0 fully saturated rings.